The summed E-state index contributed by atoms with van der Waals surface area (Å²) >= 11 is 0. The predicted octanol–water partition coefficient (Wildman–Crippen LogP) is 2.21. The van der Waals surface area contributed by atoms with E-state index >= 15 is 0 Å². The number of hydrogen-bond donors (Lipinski definition) is 1. The van der Waals surface area contributed by atoms with Crippen molar-refractivity contribution in [3.05, 3.63) is 34.9 Å². The molecule has 1 saturated heterocycles. The molecule has 0 bridgehead atoms. The molecule has 3 heteroatoms. The van der Waals surface area contributed by atoms with E-state index in [2.05, 4.69) is 36.9 Å². The zero-order valence-corrected chi connectivity index (χ0v) is 10.4. The van der Waals surface area contributed by atoms with Gasteiger partial charge < -0.3 is 5.11 Å². The van der Waals surface area contributed by atoms with E-state index in [0.717, 1.165) is 19.5 Å². The smallest absolute Gasteiger partial charge is 0.307 e. The summed E-state index contributed by atoms with van der Waals surface area (Å²) in [4.78, 5) is 13.1. The number of nitrogens with zero attached hydrogens (tertiary/aromatic N) is 1. The Balaban J connectivity index is 2.02. The van der Waals surface area contributed by atoms with Crippen LogP contribution in [0, 0.1) is 19.8 Å². The minimum absolute atomic E-state index is 0.180. The molecule has 1 fully saturated rings. The number of benzene rings is 1. The summed E-state index contributed by atoms with van der Waals surface area (Å²) in [5.41, 5.74) is 3.87. The van der Waals surface area contributed by atoms with Crippen molar-refractivity contribution in [1.29, 1.82) is 0 Å². The number of carboxylic acid groups (broad SMARTS) is 1. The van der Waals surface area contributed by atoms with Crippen LogP contribution in [0.1, 0.15) is 23.1 Å². The maximum absolute atomic E-state index is 10.9. The predicted molar refractivity (Wildman–Crippen MR) is 66.9 cm³/mol. The molecule has 1 N–H and O–H groups in total. The van der Waals surface area contributed by atoms with Gasteiger partial charge in [0.2, 0.25) is 0 Å². The highest BCUT2D eigenvalue weighted by atomic mass is 16.4. The Morgan fingerprint density at radius 1 is 1.47 bits per heavy atom. The summed E-state index contributed by atoms with van der Waals surface area (Å²) in [6, 6.07) is 6.45. The van der Waals surface area contributed by atoms with Crippen molar-refractivity contribution in [2.45, 2.75) is 26.8 Å². The highest BCUT2D eigenvalue weighted by Gasteiger charge is 2.27. The van der Waals surface area contributed by atoms with Gasteiger partial charge in [-0.3, -0.25) is 9.69 Å². The third kappa shape index (κ3) is 2.86. The number of likely N-dealkylation sites (tertiary alicyclic amines) is 1. The average molecular weight is 233 g/mol. The van der Waals surface area contributed by atoms with Crippen LogP contribution in [0.15, 0.2) is 18.2 Å². The van der Waals surface area contributed by atoms with Gasteiger partial charge >= 0.3 is 5.97 Å². The second-order valence-corrected chi connectivity index (χ2v) is 4.99. The maximum atomic E-state index is 10.9. The molecule has 1 atom stereocenters. The first kappa shape index (κ1) is 12.1. The molecule has 1 heterocycles. The molecule has 1 aromatic rings. The number of hydrogen-bond acceptors (Lipinski definition) is 2. The van der Waals surface area contributed by atoms with Crippen LogP contribution in [0.4, 0.5) is 0 Å². The van der Waals surface area contributed by atoms with Gasteiger partial charge in [-0.2, -0.15) is 0 Å². The van der Waals surface area contributed by atoms with Crippen LogP contribution in [-0.4, -0.2) is 29.1 Å². The summed E-state index contributed by atoms with van der Waals surface area (Å²) in [6.45, 7) is 6.65. The Kier molecular flexibility index (Phi) is 3.48. The molecule has 1 aliphatic rings. The standard InChI is InChI=1S/C14H19NO2/c1-10-3-4-11(2)13(7-10)9-15-6-5-12(8-15)14(16)17/h3-4,7,12H,5-6,8-9H2,1-2H3,(H,16,17). The van der Waals surface area contributed by atoms with Gasteiger partial charge in [0.15, 0.2) is 0 Å². The molecule has 17 heavy (non-hydrogen) atoms. The lowest BCUT2D eigenvalue weighted by Gasteiger charge is -2.17. The Hall–Kier alpha value is -1.35. The highest BCUT2D eigenvalue weighted by molar-refractivity contribution is 5.70. The van der Waals surface area contributed by atoms with Gasteiger partial charge in [0.05, 0.1) is 5.92 Å². The van der Waals surface area contributed by atoms with Crippen molar-refractivity contribution in [2.24, 2.45) is 5.92 Å². The van der Waals surface area contributed by atoms with Gasteiger partial charge in [-0.25, -0.2) is 0 Å². The van der Waals surface area contributed by atoms with E-state index in [1.165, 1.54) is 16.7 Å². The molecule has 3 nitrogen and oxygen atoms in total. The summed E-state index contributed by atoms with van der Waals surface area (Å²) in [5.74, 6) is -0.839. The van der Waals surface area contributed by atoms with Crippen LogP contribution in [-0.2, 0) is 11.3 Å². The highest BCUT2D eigenvalue weighted by Crippen LogP contribution is 2.20. The molecule has 2 rings (SSSR count). The van der Waals surface area contributed by atoms with Gasteiger partial charge in [-0.15, -0.1) is 0 Å². The third-order valence-corrected chi connectivity index (χ3v) is 3.52. The van der Waals surface area contributed by atoms with Crippen molar-refractivity contribution >= 4 is 5.97 Å². The summed E-state index contributed by atoms with van der Waals surface area (Å²) in [5, 5.41) is 8.97. The summed E-state index contributed by atoms with van der Waals surface area (Å²) < 4.78 is 0. The van der Waals surface area contributed by atoms with E-state index in [4.69, 9.17) is 5.11 Å². The number of aryl methyl sites for hydroxylation is 2. The molecule has 0 aliphatic carbocycles. The van der Waals surface area contributed by atoms with Gasteiger partial charge in [-0.05, 0) is 37.9 Å². The Labute approximate surface area is 102 Å². The van der Waals surface area contributed by atoms with Gasteiger partial charge in [0.25, 0.3) is 0 Å². The first-order valence-corrected chi connectivity index (χ1v) is 6.07. The van der Waals surface area contributed by atoms with Gasteiger partial charge in [0, 0.05) is 13.1 Å². The van der Waals surface area contributed by atoms with Gasteiger partial charge in [0.1, 0.15) is 0 Å². The zero-order valence-electron chi connectivity index (χ0n) is 10.4. The first-order chi connectivity index (χ1) is 8.06. The number of carbonyl (C=O) groups is 1. The minimum Gasteiger partial charge on any atom is -0.481 e. The minimum atomic E-state index is -0.659. The molecule has 1 unspecified atom stereocenters. The van der Waals surface area contributed by atoms with Crippen LogP contribution in [0.25, 0.3) is 0 Å². The fourth-order valence-electron chi connectivity index (χ4n) is 2.39. The van der Waals surface area contributed by atoms with E-state index in [1.54, 1.807) is 0 Å². The van der Waals surface area contributed by atoms with Crippen LogP contribution in [0.5, 0.6) is 0 Å². The SMILES string of the molecule is Cc1ccc(C)c(CN2CCC(C(=O)O)C2)c1. The normalized spacial score (nSPS) is 20.7. The molecule has 0 saturated carbocycles. The summed E-state index contributed by atoms with van der Waals surface area (Å²) in [6.07, 6.45) is 0.778. The van der Waals surface area contributed by atoms with Crippen LogP contribution < -0.4 is 0 Å². The molecular formula is C14H19NO2. The zero-order chi connectivity index (χ0) is 12.4. The van der Waals surface area contributed by atoms with E-state index in [1.807, 2.05) is 0 Å². The maximum Gasteiger partial charge on any atom is 0.307 e. The second-order valence-electron chi connectivity index (χ2n) is 4.99. The van der Waals surface area contributed by atoms with Crippen LogP contribution in [0.2, 0.25) is 0 Å². The Bertz CT molecular complexity index is 428. The number of rotatable bonds is 3. The van der Waals surface area contributed by atoms with E-state index in [0.29, 0.717) is 6.54 Å². The Morgan fingerprint density at radius 2 is 2.24 bits per heavy atom. The largest absolute Gasteiger partial charge is 0.481 e. The lowest BCUT2D eigenvalue weighted by Crippen LogP contribution is -2.23. The molecule has 0 radical (unpaired) electrons. The topological polar surface area (TPSA) is 40.5 Å². The van der Waals surface area contributed by atoms with E-state index in [9.17, 15) is 4.79 Å². The van der Waals surface area contributed by atoms with E-state index < -0.39 is 5.97 Å². The lowest BCUT2D eigenvalue weighted by atomic mass is 10.1. The molecular weight excluding hydrogens is 214 g/mol. The van der Waals surface area contributed by atoms with E-state index in [-0.39, 0.29) is 5.92 Å². The third-order valence-electron chi connectivity index (χ3n) is 3.52. The van der Waals surface area contributed by atoms with Crippen molar-refractivity contribution in [3.8, 4) is 0 Å². The monoisotopic (exact) mass is 233 g/mol. The molecule has 1 aromatic carbocycles. The molecule has 92 valence electrons. The average Bonchev–Trinajstić information content (AvgIpc) is 2.72. The van der Waals surface area contributed by atoms with Crippen LogP contribution in [0.3, 0.4) is 0 Å². The van der Waals surface area contributed by atoms with Crippen molar-refractivity contribution < 1.29 is 9.90 Å². The number of carboxylic acids is 1. The molecule has 1 aliphatic heterocycles. The van der Waals surface area contributed by atoms with Crippen LogP contribution >= 0.6 is 0 Å². The lowest BCUT2D eigenvalue weighted by molar-refractivity contribution is -0.141. The Morgan fingerprint density at radius 3 is 2.88 bits per heavy atom. The quantitative estimate of drug-likeness (QED) is 0.870. The molecule has 0 spiro atoms. The first-order valence-electron chi connectivity index (χ1n) is 6.07. The fourth-order valence-corrected chi connectivity index (χ4v) is 2.39. The van der Waals surface area contributed by atoms with Crippen molar-refractivity contribution in [3.63, 3.8) is 0 Å². The van der Waals surface area contributed by atoms with Crippen molar-refractivity contribution in [2.75, 3.05) is 13.1 Å². The fraction of sp³-hybridized carbons (Fsp3) is 0.500. The molecule has 0 aromatic heterocycles. The van der Waals surface area contributed by atoms with Gasteiger partial charge in [-0.1, -0.05) is 23.8 Å². The second kappa shape index (κ2) is 4.88. The summed E-state index contributed by atoms with van der Waals surface area (Å²) in [7, 11) is 0. The number of aliphatic carboxylic acids is 1. The van der Waals surface area contributed by atoms with Crippen molar-refractivity contribution in [1.82, 2.24) is 4.90 Å². The molecule has 0 amide bonds.